The van der Waals surface area contributed by atoms with E-state index in [0.717, 1.165) is 24.0 Å². The van der Waals surface area contributed by atoms with Gasteiger partial charge in [0.05, 0.1) is 31.0 Å². The molecule has 0 radical (unpaired) electrons. The molecule has 4 nitrogen and oxygen atoms in total. The summed E-state index contributed by atoms with van der Waals surface area (Å²) in [6, 6.07) is 10.4. The average molecular weight is 370 g/mol. The van der Waals surface area contributed by atoms with Gasteiger partial charge >= 0.3 is 0 Å². The molecular formula is C23H31NO3. The lowest BCUT2D eigenvalue weighted by atomic mass is 9.69. The third kappa shape index (κ3) is 5.31. The molecule has 1 aromatic carbocycles. The summed E-state index contributed by atoms with van der Waals surface area (Å²) in [5.41, 5.74) is 2.18. The molecule has 1 heterocycles. The zero-order valence-corrected chi connectivity index (χ0v) is 16.1. The summed E-state index contributed by atoms with van der Waals surface area (Å²) in [5.74, 6) is 2.46. The quantitative estimate of drug-likeness (QED) is 0.394. The smallest absolute Gasteiger partial charge is 0.147 e. The number of hydrogen-bond acceptors (Lipinski definition) is 4. The number of epoxide rings is 1. The van der Waals surface area contributed by atoms with Crippen molar-refractivity contribution in [2.75, 3.05) is 20.0 Å². The van der Waals surface area contributed by atoms with Crippen molar-refractivity contribution in [1.82, 2.24) is 0 Å². The van der Waals surface area contributed by atoms with E-state index < -0.39 is 0 Å². The van der Waals surface area contributed by atoms with Gasteiger partial charge in [0.1, 0.15) is 12.9 Å². The van der Waals surface area contributed by atoms with E-state index in [2.05, 4.69) is 18.2 Å². The van der Waals surface area contributed by atoms with E-state index in [-0.39, 0.29) is 0 Å². The number of rotatable bonds is 7. The third-order valence-corrected chi connectivity index (χ3v) is 6.76. The van der Waals surface area contributed by atoms with E-state index >= 15 is 0 Å². The van der Waals surface area contributed by atoms with Gasteiger partial charge in [0.15, 0.2) is 0 Å². The van der Waals surface area contributed by atoms with Crippen LogP contribution in [0.4, 0.5) is 0 Å². The molecule has 0 spiro atoms. The minimum atomic E-state index is 0.323. The van der Waals surface area contributed by atoms with Crippen molar-refractivity contribution in [3.63, 3.8) is 0 Å². The fourth-order valence-corrected chi connectivity index (χ4v) is 4.97. The third-order valence-electron chi connectivity index (χ3n) is 6.76. The molecule has 0 bridgehead atoms. The van der Waals surface area contributed by atoms with Crippen LogP contribution >= 0.6 is 0 Å². The van der Waals surface area contributed by atoms with E-state index in [9.17, 15) is 0 Å². The lowest BCUT2D eigenvalue weighted by molar-refractivity contribution is -0.106. The van der Waals surface area contributed by atoms with Crippen molar-refractivity contribution in [2.24, 2.45) is 11.8 Å². The monoisotopic (exact) mass is 369 g/mol. The predicted octanol–water partition coefficient (Wildman–Crippen LogP) is 4.78. The lowest BCUT2D eigenvalue weighted by Crippen LogP contribution is -2.28. The number of hydrogen-bond donors (Lipinski definition) is 0. The van der Waals surface area contributed by atoms with Crippen LogP contribution in [0.5, 0.6) is 0 Å². The van der Waals surface area contributed by atoms with Crippen LogP contribution in [0.1, 0.15) is 68.4 Å². The summed E-state index contributed by atoms with van der Waals surface area (Å²) < 4.78 is 16.5. The highest BCUT2D eigenvalue weighted by Crippen LogP contribution is 2.43. The second kappa shape index (κ2) is 9.19. The van der Waals surface area contributed by atoms with Crippen LogP contribution in [0.15, 0.2) is 24.3 Å². The second-order valence-corrected chi connectivity index (χ2v) is 8.49. The lowest BCUT2D eigenvalue weighted by Gasteiger charge is -2.37. The second-order valence-electron chi connectivity index (χ2n) is 8.49. The normalized spacial score (nSPS) is 33.4. The zero-order valence-electron chi connectivity index (χ0n) is 16.1. The molecule has 1 unspecified atom stereocenters. The van der Waals surface area contributed by atoms with Gasteiger partial charge in [-0.2, -0.15) is 5.26 Å². The van der Waals surface area contributed by atoms with E-state index in [4.69, 9.17) is 19.5 Å². The van der Waals surface area contributed by atoms with Crippen molar-refractivity contribution in [3.8, 4) is 6.07 Å². The van der Waals surface area contributed by atoms with Crippen molar-refractivity contribution in [1.29, 1.82) is 5.26 Å². The Labute approximate surface area is 162 Å². The van der Waals surface area contributed by atoms with Gasteiger partial charge in [-0.15, -0.1) is 0 Å². The molecule has 4 rings (SSSR count). The summed E-state index contributed by atoms with van der Waals surface area (Å²) in [7, 11) is 0. The summed E-state index contributed by atoms with van der Waals surface area (Å²) in [4.78, 5) is 0. The summed E-state index contributed by atoms with van der Waals surface area (Å²) in [6.07, 6.45) is 11.0. The average Bonchev–Trinajstić information content (AvgIpc) is 3.56. The first-order chi connectivity index (χ1) is 13.3. The number of ether oxygens (including phenoxy) is 3. The van der Waals surface area contributed by atoms with Gasteiger partial charge in [0, 0.05) is 0 Å². The van der Waals surface area contributed by atoms with Crippen molar-refractivity contribution in [2.45, 2.75) is 69.5 Å². The zero-order chi connectivity index (χ0) is 18.5. The van der Waals surface area contributed by atoms with Gasteiger partial charge in [-0.05, 0) is 86.8 Å². The van der Waals surface area contributed by atoms with E-state index in [1.165, 1.54) is 56.9 Å². The van der Waals surface area contributed by atoms with Crippen LogP contribution in [0.2, 0.25) is 0 Å². The van der Waals surface area contributed by atoms with Crippen LogP contribution in [-0.4, -0.2) is 32.2 Å². The Morgan fingerprint density at radius 2 is 1.56 bits per heavy atom. The Morgan fingerprint density at radius 3 is 2.15 bits per heavy atom. The fraction of sp³-hybridized carbons (Fsp3) is 0.696. The fourth-order valence-electron chi connectivity index (χ4n) is 4.97. The van der Waals surface area contributed by atoms with Gasteiger partial charge < -0.3 is 14.2 Å². The van der Waals surface area contributed by atoms with E-state index in [0.29, 0.717) is 31.5 Å². The molecule has 0 aromatic heterocycles. The summed E-state index contributed by atoms with van der Waals surface area (Å²) in [6.45, 7) is 1.95. The number of benzene rings is 1. The van der Waals surface area contributed by atoms with E-state index in [1.807, 2.05) is 12.1 Å². The van der Waals surface area contributed by atoms with Crippen LogP contribution < -0.4 is 0 Å². The van der Waals surface area contributed by atoms with Gasteiger partial charge in [-0.25, -0.2) is 0 Å². The largest absolute Gasteiger partial charge is 0.371 e. The molecule has 0 amide bonds. The molecular weight excluding hydrogens is 338 g/mol. The molecule has 0 N–H and O–H groups in total. The van der Waals surface area contributed by atoms with Crippen LogP contribution in [0.25, 0.3) is 0 Å². The highest BCUT2D eigenvalue weighted by Gasteiger charge is 2.31. The molecule has 27 heavy (non-hydrogen) atoms. The Bertz CT molecular complexity index is 618. The minimum Gasteiger partial charge on any atom is -0.371 e. The topological polar surface area (TPSA) is 54.8 Å². The maximum atomic E-state index is 8.95. The van der Waals surface area contributed by atoms with Crippen molar-refractivity contribution < 1.29 is 14.2 Å². The standard InChI is InChI=1S/C23H31NO3/c24-13-17-1-3-18(4-2-17)19-5-7-20(8-6-19)21-9-11-22(12-10-21)27-16-25-14-23-15-26-23/h1-4,19-23H,5-12,14-16H2. The molecule has 1 aromatic rings. The molecule has 146 valence electrons. The Kier molecular flexibility index (Phi) is 6.44. The predicted molar refractivity (Wildman–Crippen MR) is 103 cm³/mol. The first-order valence-corrected chi connectivity index (χ1v) is 10.6. The van der Waals surface area contributed by atoms with Gasteiger partial charge in [-0.3, -0.25) is 0 Å². The maximum absolute atomic E-state index is 8.95. The SMILES string of the molecule is N#Cc1ccc(C2CCC(C3CCC(OCOCC4CO4)CC3)CC2)cc1. The van der Waals surface area contributed by atoms with Gasteiger partial charge in [0.25, 0.3) is 0 Å². The molecule has 3 fully saturated rings. The summed E-state index contributed by atoms with van der Waals surface area (Å²) >= 11 is 0. The molecule has 2 aliphatic carbocycles. The van der Waals surface area contributed by atoms with Crippen LogP contribution in [0.3, 0.4) is 0 Å². The summed E-state index contributed by atoms with van der Waals surface area (Å²) in [5, 5.41) is 8.95. The molecule has 2 saturated carbocycles. The highest BCUT2D eigenvalue weighted by molar-refractivity contribution is 5.33. The van der Waals surface area contributed by atoms with Crippen LogP contribution in [0, 0.1) is 23.2 Å². The number of nitrogens with zero attached hydrogens (tertiary/aromatic N) is 1. The first kappa shape index (κ1) is 18.9. The first-order valence-electron chi connectivity index (χ1n) is 10.6. The minimum absolute atomic E-state index is 0.323. The van der Waals surface area contributed by atoms with Crippen LogP contribution in [-0.2, 0) is 14.2 Å². The molecule has 4 heteroatoms. The highest BCUT2D eigenvalue weighted by atomic mass is 16.7. The molecule has 1 atom stereocenters. The number of nitriles is 1. The molecule has 1 saturated heterocycles. The Hall–Kier alpha value is -1.41. The Morgan fingerprint density at radius 1 is 0.926 bits per heavy atom. The van der Waals surface area contributed by atoms with E-state index in [1.54, 1.807) is 0 Å². The molecule has 3 aliphatic rings. The maximum Gasteiger partial charge on any atom is 0.147 e. The van der Waals surface area contributed by atoms with Gasteiger partial charge in [-0.1, -0.05) is 12.1 Å². The Balaban J connectivity index is 1.15. The van der Waals surface area contributed by atoms with Gasteiger partial charge in [0.2, 0.25) is 0 Å². The van der Waals surface area contributed by atoms with Crippen molar-refractivity contribution in [3.05, 3.63) is 35.4 Å². The van der Waals surface area contributed by atoms with Crippen molar-refractivity contribution >= 4 is 0 Å². The molecule has 1 aliphatic heterocycles.